The van der Waals surface area contributed by atoms with E-state index in [4.69, 9.17) is 9.26 Å². The second-order valence-electron chi connectivity index (χ2n) is 4.98. The third kappa shape index (κ3) is 8.25. The standard InChI is InChI=1S/C14H24N4O2.HI/c1-2-15-14(17-10-13-6-9-20-18-13)16-7-3-8-19-11-12-4-5-12;/h6,9,12H,2-5,7-8,10-11H2,1H3,(H2,15,16,17);1H. The van der Waals surface area contributed by atoms with Crippen LogP contribution >= 0.6 is 24.0 Å². The molecule has 0 spiro atoms. The van der Waals surface area contributed by atoms with E-state index < -0.39 is 0 Å². The van der Waals surface area contributed by atoms with Crippen LogP contribution in [-0.4, -0.2) is 37.4 Å². The molecule has 0 radical (unpaired) electrons. The number of hydrogen-bond donors (Lipinski definition) is 2. The summed E-state index contributed by atoms with van der Waals surface area (Å²) in [5.74, 6) is 1.64. The predicted molar refractivity (Wildman–Crippen MR) is 92.9 cm³/mol. The normalized spacial score (nSPS) is 14.6. The van der Waals surface area contributed by atoms with Gasteiger partial charge in [-0.05, 0) is 32.1 Å². The van der Waals surface area contributed by atoms with Gasteiger partial charge in [0.25, 0.3) is 0 Å². The van der Waals surface area contributed by atoms with Gasteiger partial charge < -0.3 is 19.9 Å². The maximum Gasteiger partial charge on any atom is 0.191 e. The second kappa shape index (κ2) is 10.8. The lowest BCUT2D eigenvalue weighted by molar-refractivity contribution is 0.123. The molecule has 0 unspecified atom stereocenters. The average molecular weight is 408 g/mol. The zero-order valence-corrected chi connectivity index (χ0v) is 14.8. The van der Waals surface area contributed by atoms with Crippen LogP contribution < -0.4 is 10.6 Å². The van der Waals surface area contributed by atoms with Crippen LogP contribution in [0, 0.1) is 5.92 Å². The number of nitrogens with one attached hydrogen (secondary N) is 2. The molecule has 0 aromatic carbocycles. The molecule has 1 heterocycles. The summed E-state index contributed by atoms with van der Waals surface area (Å²) in [7, 11) is 0. The topological polar surface area (TPSA) is 71.7 Å². The SMILES string of the molecule is CCNC(=NCc1ccon1)NCCCOCC1CC1.I. The Kier molecular flexibility index (Phi) is 9.40. The summed E-state index contributed by atoms with van der Waals surface area (Å²) >= 11 is 0. The maximum atomic E-state index is 5.60. The van der Waals surface area contributed by atoms with E-state index in [9.17, 15) is 0 Å². The summed E-state index contributed by atoms with van der Waals surface area (Å²) in [4.78, 5) is 4.44. The smallest absolute Gasteiger partial charge is 0.191 e. The Labute approximate surface area is 143 Å². The van der Waals surface area contributed by atoms with Gasteiger partial charge in [0.2, 0.25) is 0 Å². The minimum absolute atomic E-state index is 0. The van der Waals surface area contributed by atoms with Gasteiger partial charge in [0.1, 0.15) is 12.0 Å². The van der Waals surface area contributed by atoms with E-state index in [1.165, 1.54) is 12.8 Å². The first-order chi connectivity index (χ1) is 9.88. The van der Waals surface area contributed by atoms with Crippen LogP contribution in [0.1, 0.15) is 31.9 Å². The number of aliphatic imine (C=N–C) groups is 1. The lowest BCUT2D eigenvalue weighted by Crippen LogP contribution is -2.38. The summed E-state index contributed by atoms with van der Waals surface area (Å²) in [6.45, 7) is 6.00. The molecule has 0 atom stereocenters. The molecule has 2 rings (SSSR count). The van der Waals surface area contributed by atoms with E-state index in [0.717, 1.165) is 50.3 Å². The Balaban J connectivity index is 0.00000220. The van der Waals surface area contributed by atoms with E-state index >= 15 is 0 Å². The van der Waals surface area contributed by atoms with Crippen LogP contribution in [0.25, 0.3) is 0 Å². The Morgan fingerprint density at radius 2 is 2.33 bits per heavy atom. The van der Waals surface area contributed by atoms with Crippen molar-refractivity contribution in [3.05, 3.63) is 18.0 Å². The molecule has 120 valence electrons. The van der Waals surface area contributed by atoms with E-state index in [1.54, 1.807) is 6.26 Å². The van der Waals surface area contributed by atoms with E-state index in [0.29, 0.717) is 6.54 Å². The minimum Gasteiger partial charge on any atom is -0.381 e. The lowest BCUT2D eigenvalue weighted by Gasteiger charge is -2.11. The minimum atomic E-state index is 0. The van der Waals surface area contributed by atoms with Crippen molar-refractivity contribution >= 4 is 29.9 Å². The Bertz CT molecular complexity index is 394. The highest BCUT2D eigenvalue weighted by molar-refractivity contribution is 14.0. The molecule has 1 fully saturated rings. The molecule has 1 aliphatic carbocycles. The fourth-order valence-corrected chi connectivity index (χ4v) is 1.74. The third-order valence-electron chi connectivity index (χ3n) is 3.04. The molecule has 6 nitrogen and oxygen atoms in total. The maximum absolute atomic E-state index is 5.60. The van der Waals surface area contributed by atoms with Gasteiger partial charge in [-0.15, -0.1) is 24.0 Å². The third-order valence-corrected chi connectivity index (χ3v) is 3.04. The quantitative estimate of drug-likeness (QED) is 0.284. The number of halogens is 1. The van der Waals surface area contributed by atoms with Crippen LogP contribution in [0.15, 0.2) is 21.8 Å². The van der Waals surface area contributed by atoms with Crippen LogP contribution in [0.3, 0.4) is 0 Å². The van der Waals surface area contributed by atoms with Gasteiger partial charge in [-0.3, -0.25) is 0 Å². The van der Waals surface area contributed by atoms with Crippen LogP contribution in [0.2, 0.25) is 0 Å². The summed E-state index contributed by atoms with van der Waals surface area (Å²) < 4.78 is 10.4. The van der Waals surface area contributed by atoms with Crippen LogP contribution in [0.4, 0.5) is 0 Å². The number of nitrogens with zero attached hydrogens (tertiary/aromatic N) is 2. The zero-order chi connectivity index (χ0) is 14.0. The number of hydrogen-bond acceptors (Lipinski definition) is 4. The molecule has 1 saturated carbocycles. The fraction of sp³-hybridized carbons (Fsp3) is 0.714. The van der Waals surface area contributed by atoms with Crippen molar-refractivity contribution in [2.75, 3.05) is 26.3 Å². The largest absolute Gasteiger partial charge is 0.381 e. The summed E-state index contributed by atoms with van der Waals surface area (Å²) in [6, 6.07) is 1.82. The Morgan fingerprint density at radius 1 is 1.48 bits per heavy atom. The molecule has 0 saturated heterocycles. The summed E-state index contributed by atoms with van der Waals surface area (Å²) in [6.07, 6.45) is 5.23. The molecule has 1 aliphatic rings. The number of ether oxygens (including phenoxy) is 1. The number of aromatic nitrogens is 1. The van der Waals surface area contributed by atoms with Crippen LogP contribution in [0.5, 0.6) is 0 Å². The predicted octanol–water partition coefficient (Wildman–Crippen LogP) is 2.16. The van der Waals surface area contributed by atoms with Gasteiger partial charge in [-0.25, -0.2) is 4.99 Å². The van der Waals surface area contributed by atoms with Gasteiger partial charge in [-0.1, -0.05) is 5.16 Å². The highest BCUT2D eigenvalue weighted by Gasteiger charge is 2.20. The highest BCUT2D eigenvalue weighted by atomic mass is 127. The van der Waals surface area contributed by atoms with Gasteiger partial charge in [0.15, 0.2) is 5.96 Å². The highest BCUT2D eigenvalue weighted by Crippen LogP contribution is 2.28. The molecule has 1 aromatic rings. The van der Waals surface area contributed by atoms with Crippen molar-refractivity contribution in [3.8, 4) is 0 Å². The van der Waals surface area contributed by atoms with Crippen molar-refractivity contribution in [2.45, 2.75) is 32.7 Å². The van der Waals surface area contributed by atoms with E-state index in [1.807, 2.05) is 13.0 Å². The lowest BCUT2D eigenvalue weighted by atomic mass is 10.4. The van der Waals surface area contributed by atoms with Crippen molar-refractivity contribution in [2.24, 2.45) is 10.9 Å². The molecule has 1 aromatic heterocycles. The average Bonchev–Trinajstić information content (AvgIpc) is 3.13. The van der Waals surface area contributed by atoms with Gasteiger partial charge in [0, 0.05) is 32.4 Å². The fourth-order valence-electron chi connectivity index (χ4n) is 1.74. The zero-order valence-electron chi connectivity index (χ0n) is 12.5. The first-order valence-electron chi connectivity index (χ1n) is 7.37. The molecule has 0 amide bonds. The molecular weight excluding hydrogens is 383 g/mol. The van der Waals surface area contributed by atoms with Gasteiger partial charge in [0.05, 0.1) is 6.54 Å². The monoisotopic (exact) mass is 408 g/mol. The van der Waals surface area contributed by atoms with Gasteiger partial charge in [-0.2, -0.15) is 0 Å². The Morgan fingerprint density at radius 3 is 3.00 bits per heavy atom. The molecule has 7 heteroatoms. The van der Waals surface area contributed by atoms with Crippen molar-refractivity contribution in [1.29, 1.82) is 0 Å². The second-order valence-corrected chi connectivity index (χ2v) is 4.98. The van der Waals surface area contributed by atoms with Crippen LogP contribution in [-0.2, 0) is 11.3 Å². The first kappa shape index (κ1) is 18.2. The Hall–Kier alpha value is -0.830. The van der Waals surface area contributed by atoms with Crippen molar-refractivity contribution < 1.29 is 9.26 Å². The molecule has 21 heavy (non-hydrogen) atoms. The first-order valence-corrected chi connectivity index (χ1v) is 7.37. The van der Waals surface area contributed by atoms with Crippen molar-refractivity contribution in [3.63, 3.8) is 0 Å². The van der Waals surface area contributed by atoms with Crippen molar-refractivity contribution in [1.82, 2.24) is 15.8 Å². The number of rotatable bonds is 9. The van der Waals surface area contributed by atoms with Gasteiger partial charge >= 0.3 is 0 Å². The summed E-state index contributed by atoms with van der Waals surface area (Å²) in [5.41, 5.74) is 0.829. The van der Waals surface area contributed by atoms with E-state index in [-0.39, 0.29) is 24.0 Å². The molecule has 2 N–H and O–H groups in total. The molecular formula is C14H25IN4O2. The molecule has 0 aliphatic heterocycles. The van der Waals surface area contributed by atoms with E-state index in [2.05, 4.69) is 20.8 Å². The number of guanidine groups is 1. The summed E-state index contributed by atoms with van der Waals surface area (Å²) in [5, 5.41) is 10.3. The molecule has 0 bridgehead atoms.